The topological polar surface area (TPSA) is 42.4 Å². The van der Waals surface area contributed by atoms with Crippen molar-refractivity contribution in [1.82, 2.24) is 9.88 Å². The van der Waals surface area contributed by atoms with E-state index in [1.165, 1.54) is 19.1 Å². The highest BCUT2D eigenvalue weighted by molar-refractivity contribution is 5.83. The quantitative estimate of drug-likeness (QED) is 0.617. The molecule has 0 saturated carbocycles. The summed E-state index contributed by atoms with van der Waals surface area (Å²) in [4.78, 5) is 18.6. The second-order valence-electron chi connectivity index (χ2n) is 7.34. The number of esters is 1. The highest BCUT2D eigenvalue weighted by atomic mass is 19.1. The number of rotatable bonds is 4. The van der Waals surface area contributed by atoms with Gasteiger partial charge in [0.05, 0.1) is 11.6 Å². The summed E-state index contributed by atoms with van der Waals surface area (Å²) >= 11 is 0. The monoisotopic (exact) mass is 354 g/mol. The molecular formula is C21H23FN2O2. The number of carbonyl (C=O) groups is 1. The summed E-state index contributed by atoms with van der Waals surface area (Å²) in [6.07, 6.45) is 5.42. The number of hydrogen-bond donors (Lipinski definition) is 0. The van der Waals surface area contributed by atoms with Crippen molar-refractivity contribution in [2.45, 2.75) is 31.9 Å². The van der Waals surface area contributed by atoms with Crippen LogP contribution in [0.1, 0.15) is 31.4 Å². The van der Waals surface area contributed by atoms with Gasteiger partial charge < -0.3 is 4.74 Å². The lowest BCUT2D eigenvalue weighted by molar-refractivity contribution is -0.154. The zero-order chi connectivity index (χ0) is 18.3. The van der Waals surface area contributed by atoms with Crippen LogP contribution in [0.5, 0.6) is 0 Å². The average Bonchev–Trinajstić information content (AvgIpc) is 2.65. The van der Waals surface area contributed by atoms with E-state index in [0.717, 1.165) is 31.5 Å². The lowest BCUT2D eigenvalue weighted by Crippen LogP contribution is -2.55. The summed E-state index contributed by atoms with van der Waals surface area (Å²) in [6, 6.07) is 6.50. The molecule has 0 spiro atoms. The Morgan fingerprint density at radius 2 is 2.31 bits per heavy atom. The lowest BCUT2D eigenvalue weighted by Gasteiger charge is -2.51. The van der Waals surface area contributed by atoms with Crippen LogP contribution in [-0.4, -0.2) is 35.0 Å². The van der Waals surface area contributed by atoms with E-state index in [-0.39, 0.29) is 17.8 Å². The molecule has 4 heterocycles. The Labute approximate surface area is 152 Å². The minimum atomic E-state index is -0.423. The number of halogens is 1. The maximum absolute atomic E-state index is 13.9. The van der Waals surface area contributed by atoms with Crippen LogP contribution < -0.4 is 0 Å². The molecule has 3 aliphatic rings. The summed E-state index contributed by atoms with van der Waals surface area (Å²) in [5.74, 6) is 0.416. The molecule has 4 unspecified atom stereocenters. The standard InChI is InChI=1S/C21H23FN2O2/c1-3-14-12-24-9-7-15(14)10-20(24)21(26-13(2)25)17-6-8-23-19-5-4-16(22)11-18(17)19/h3-6,8,11,14-15,20-21H,1,7,9-10,12H2,2H3/t14?,15?,20?,21-/m1/s1. The van der Waals surface area contributed by atoms with Gasteiger partial charge in [0.1, 0.15) is 11.9 Å². The van der Waals surface area contributed by atoms with Crippen LogP contribution in [-0.2, 0) is 9.53 Å². The first-order valence-corrected chi connectivity index (χ1v) is 9.15. The predicted octanol–water partition coefficient (Wildman–Crippen LogP) is 3.87. The highest BCUT2D eigenvalue weighted by Crippen LogP contribution is 2.43. The molecular weight excluding hydrogens is 331 g/mol. The van der Waals surface area contributed by atoms with Crippen molar-refractivity contribution < 1.29 is 13.9 Å². The smallest absolute Gasteiger partial charge is 0.303 e. The molecule has 0 amide bonds. The Hall–Kier alpha value is -2.27. The van der Waals surface area contributed by atoms with E-state index in [2.05, 4.69) is 16.5 Å². The van der Waals surface area contributed by atoms with E-state index < -0.39 is 6.10 Å². The molecule has 1 aromatic carbocycles. The average molecular weight is 354 g/mol. The number of carbonyl (C=O) groups excluding carboxylic acids is 1. The lowest BCUT2D eigenvalue weighted by atomic mass is 9.73. The van der Waals surface area contributed by atoms with Gasteiger partial charge in [0.25, 0.3) is 0 Å². The summed E-state index contributed by atoms with van der Waals surface area (Å²) in [6.45, 7) is 7.33. The molecule has 0 aliphatic carbocycles. The number of pyridine rings is 1. The molecule has 5 rings (SSSR count). The van der Waals surface area contributed by atoms with Crippen LogP contribution in [0.4, 0.5) is 4.39 Å². The molecule has 3 aliphatic heterocycles. The minimum absolute atomic E-state index is 0.0997. The van der Waals surface area contributed by atoms with Crippen molar-refractivity contribution in [2.75, 3.05) is 13.1 Å². The Kier molecular flexibility index (Phi) is 4.49. The van der Waals surface area contributed by atoms with Gasteiger partial charge in [0.15, 0.2) is 0 Å². The van der Waals surface area contributed by atoms with Crippen LogP contribution in [0.2, 0.25) is 0 Å². The number of hydrogen-bond acceptors (Lipinski definition) is 4. The fourth-order valence-corrected chi connectivity index (χ4v) is 4.61. The van der Waals surface area contributed by atoms with Crippen LogP contribution in [0.3, 0.4) is 0 Å². The summed E-state index contributed by atoms with van der Waals surface area (Å²) in [5, 5.41) is 0.710. The van der Waals surface area contributed by atoms with E-state index in [9.17, 15) is 9.18 Å². The van der Waals surface area contributed by atoms with E-state index in [1.807, 2.05) is 12.1 Å². The molecule has 3 fully saturated rings. The Morgan fingerprint density at radius 1 is 1.46 bits per heavy atom. The second kappa shape index (κ2) is 6.80. The van der Waals surface area contributed by atoms with E-state index >= 15 is 0 Å². The molecule has 3 saturated heterocycles. The normalized spacial score (nSPS) is 28.7. The van der Waals surface area contributed by atoms with E-state index in [0.29, 0.717) is 22.7 Å². The maximum atomic E-state index is 13.9. The molecule has 0 radical (unpaired) electrons. The summed E-state index contributed by atoms with van der Waals surface area (Å²) < 4.78 is 19.7. The van der Waals surface area contributed by atoms with Crippen molar-refractivity contribution in [3.63, 3.8) is 0 Å². The van der Waals surface area contributed by atoms with Gasteiger partial charge in [-0.3, -0.25) is 14.7 Å². The Morgan fingerprint density at radius 3 is 3.00 bits per heavy atom. The van der Waals surface area contributed by atoms with Gasteiger partial charge >= 0.3 is 5.97 Å². The molecule has 2 bridgehead atoms. The third kappa shape index (κ3) is 3.01. The second-order valence-corrected chi connectivity index (χ2v) is 7.34. The number of fused-ring (bicyclic) bond motifs is 4. The molecule has 1 aromatic heterocycles. The first kappa shape index (κ1) is 17.2. The van der Waals surface area contributed by atoms with Crippen molar-refractivity contribution in [3.05, 3.63) is 54.5 Å². The predicted molar refractivity (Wildman–Crippen MR) is 98.0 cm³/mol. The van der Waals surface area contributed by atoms with Crippen molar-refractivity contribution >= 4 is 16.9 Å². The first-order valence-electron chi connectivity index (χ1n) is 9.15. The van der Waals surface area contributed by atoms with Gasteiger partial charge in [0, 0.05) is 30.6 Å². The number of piperidine rings is 3. The summed E-state index contributed by atoms with van der Waals surface area (Å²) in [7, 11) is 0. The van der Waals surface area contributed by atoms with Crippen LogP contribution in [0.25, 0.3) is 10.9 Å². The number of ether oxygens (including phenoxy) is 1. The van der Waals surface area contributed by atoms with Gasteiger partial charge in [0.2, 0.25) is 0 Å². The minimum Gasteiger partial charge on any atom is -0.456 e. The van der Waals surface area contributed by atoms with E-state index in [4.69, 9.17) is 4.74 Å². The molecule has 0 N–H and O–H groups in total. The maximum Gasteiger partial charge on any atom is 0.303 e. The first-order chi connectivity index (χ1) is 12.6. The van der Waals surface area contributed by atoms with Crippen LogP contribution in [0.15, 0.2) is 43.1 Å². The third-order valence-corrected chi connectivity index (χ3v) is 5.84. The molecule has 2 aromatic rings. The van der Waals surface area contributed by atoms with Gasteiger partial charge in [-0.05, 0) is 55.5 Å². The Bertz CT molecular complexity index is 853. The molecule has 4 nitrogen and oxygen atoms in total. The van der Waals surface area contributed by atoms with Gasteiger partial charge in [-0.2, -0.15) is 0 Å². The van der Waals surface area contributed by atoms with Gasteiger partial charge in [-0.25, -0.2) is 4.39 Å². The summed E-state index contributed by atoms with van der Waals surface area (Å²) in [5.41, 5.74) is 1.54. The number of benzene rings is 1. The highest BCUT2D eigenvalue weighted by Gasteiger charge is 2.44. The largest absolute Gasteiger partial charge is 0.456 e. The SMILES string of the molecule is C=CC1CN2CCC1CC2[C@H](OC(C)=O)c1ccnc2ccc(F)cc12. The molecule has 136 valence electrons. The number of nitrogens with zero attached hydrogens (tertiary/aromatic N) is 2. The molecule has 26 heavy (non-hydrogen) atoms. The fraction of sp³-hybridized carbons (Fsp3) is 0.429. The van der Waals surface area contributed by atoms with Crippen LogP contribution >= 0.6 is 0 Å². The van der Waals surface area contributed by atoms with Crippen LogP contribution in [0, 0.1) is 17.7 Å². The van der Waals surface area contributed by atoms with Crippen molar-refractivity contribution in [3.8, 4) is 0 Å². The number of aromatic nitrogens is 1. The van der Waals surface area contributed by atoms with E-state index in [1.54, 1.807) is 12.3 Å². The fourth-order valence-electron chi connectivity index (χ4n) is 4.61. The van der Waals surface area contributed by atoms with Gasteiger partial charge in [-0.15, -0.1) is 6.58 Å². The third-order valence-electron chi connectivity index (χ3n) is 5.84. The molecule has 5 heteroatoms. The van der Waals surface area contributed by atoms with Crippen molar-refractivity contribution in [2.24, 2.45) is 11.8 Å². The Balaban J connectivity index is 1.76. The van der Waals surface area contributed by atoms with Gasteiger partial charge in [-0.1, -0.05) is 6.08 Å². The molecule has 5 atom stereocenters. The zero-order valence-electron chi connectivity index (χ0n) is 14.9. The zero-order valence-corrected chi connectivity index (χ0v) is 14.9. The van der Waals surface area contributed by atoms with Crippen molar-refractivity contribution in [1.29, 1.82) is 0 Å².